The van der Waals surface area contributed by atoms with Gasteiger partial charge in [0.15, 0.2) is 5.43 Å². The number of aromatic nitrogens is 1. The van der Waals surface area contributed by atoms with Crippen molar-refractivity contribution in [1.82, 2.24) is 4.57 Å². The van der Waals surface area contributed by atoms with Crippen LogP contribution in [0.5, 0.6) is 5.75 Å². The minimum absolute atomic E-state index is 0. The average Bonchev–Trinajstić information content (AvgIpc) is 2.71. The van der Waals surface area contributed by atoms with Crippen molar-refractivity contribution >= 4 is 57.3 Å². The number of hydrogen-bond donors (Lipinski definition) is 1. The van der Waals surface area contributed by atoms with Gasteiger partial charge in [0.1, 0.15) is 5.75 Å². The molecule has 0 bridgehead atoms. The fraction of sp³-hybridized carbons (Fsp3) is 0.0909. The summed E-state index contributed by atoms with van der Waals surface area (Å²) in [5, 5.41) is 10.3. The topological polar surface area (TPSA) is 68.5 Å². The summed E-state index contributed by atoms with van der Waals surface area (Å²) in [6, 6.07) is 19.7. The molecule has 6 heteroatoms. The van der Waals surface area contributed by atoms with Crippen LogP contribution in [0, 0.1) is 0 Å². The van der Waals surface area contributed by atoms with E-state index in [-0.39, 0.29) is 40.5 Å². The van der Waals surface area contributed by atoms with Gasteiger partial charge in [-0.1, -0.05) is 24.3 Å². The number of hydrogen-bond acceptors (Lipinski definition) is 3. The van der Waals surface area contributed by atoms with Crippen molar-refractivity contribution in [3.63, 3.8) is 0 Å². The van der Waals surface area contributed by atoms with Crippen molar-refractivity contribution in [3.05, 3.63) is 88.1 Å². The van der Waals surface area contributed by atoms with Crippen LogP contribution in [0.4, 0.5) is 0 Å². The fourth-order valence-corrected chi connectivity index (χ4v) is 3.34. The van der Waals surface area contributed by atoms with Gasteiger partial charge in [0.25, 0.3) is 0 Å². The normalized spacial score (nSPS) is 10.6. The van der Waals surface area contributed by atoms with Crippen molar-refractivity contribution in [3.8, 4) is 5.75 Å². The van der Waals surface area contributed by atoms with E-state index < -0.39 is 5.97 Å². The Labute approximate surface area is 183 Å². The number of nitrogens with zero attached hydrogens (tertiary/aromatic N) is 1. The molecule has 0 aliphatic rings. The molecule has 0 saturated carbocycles. The Morgan fingerprint density at radius 2 is 1.64 bits per heavy atom. The van der Waals surface area contributed by atoms with E-state index in [0.29, 0.717) is 23.1 Å². The number of methoxy groups -OCH3 is 1. The second kappa shape index (κ2) is 8.19. The van der Waals surface area contributed by atoms with Crippen LogP contribution in [0.3, 0.4) is 0 Å². The van der Waals surface area contributed by atoms with Crippen LogP contribution in [-0.4, -0.2) is 52.3 Å². The number of ether oxygens (including phenoxy) is 1. The molecule has 4 rings (SSSR count). The van der Waals surface area contributed by atoms with E-state index >= 15 is 0 Å². The Balaban J connectivity index is 0.00000225. The molecule has 1 radical (unpaired) electrons. The number of fused-ring (bicyclic) bond motifs is 2. The van der Waals surface area contributed by atoms with Gasteiger partial charge >= 0.3 is 5.97 Å². The van der Waals surface area contributed by atoms with Crippen molar-refractivity contribution in [2.24, 2.45) is 0 Å². The maximum atomic E-state index is 12.9. The summed E-state index contributed by atoms with van der Waals surface area (Å²) in [6.45, 7) is 0.517. The Morgan fingerprint density at radius 3 is 2.32 bits per heavy atom. The maximum Gasteiger partial charge on any atom is 0.335 e. The molecule has 0 amide bonds. The summed E-state index contributed by atoms with van der Waals surface area (Å²) in [5.41, 5.74) is 2.81. The van der Waals surface area contributed by atoms with Gasteiger partial charge in [-0.3, -0.25) is 4.79 Å². The Morgan fingerprint density at radius 1 is 0.964 bits per heavy atom. The number of pyridine rings is 1. The van der Waals surface area contributed by atoms with E-state index in [2.05, 4.69) is 4.57 Å². The molecule has 0 unspecified atom stereocenters. The second-order valence-electron chi connectivity index (χ2n) is 6.32. The predicted octanol–water partition coefficient (Wildman–Crippen LogP) is 3.53. The van der Waals surface area contributed by atoms with E-state index in [1.54, 1.807) is 37.4 Å². The van der Waals surface area contributed by atoms with Gasteiger partial charge in [0.2, 0.25) is 0 Å². The number of aromatic carboxylic acids is 1. The fourth-order valence-electron chi connectivity index (χ4n) is 3.34. The van der Waals surface area contributed by atoms with Crippen molar-refractivity contribution in [1.29, 1.82) is 0 Å². The zero-order chi connectivity index (χ0) is 19.0. The summed E-state index contributed by atoms with van der Waals surface area (Å²) in [4.78, 5) is 24.0. The molecular weight excluding hydrogens is 365 g/mol. The summed E-state index contributed by atoms with van der Waals surface area (Å²) in [6.07, 6.45) is 0. The van der Waals surface area contributed by atoms with Crippen molar-refractivity contribution < 1.29 is 14.6 Å². The molecule has 5 nitrogen and oxygen atoms in total. The van der Waals surface area contributed by atoms with Crippen LogP contribution in [0.2, 0.25) is 0 Å². The molecule has 1 N–H and O–H groups in total. The van der Waals surface area contributed by atoms with Gasteiger partial charge in [0.05, 0.1) is 23.7 Å². The smallest absolute Gasteiger partial charge is 0.335 e. The standard InChI is InChI=1S/C22H17NO4.Na/c1-27-16-10-11-20-18(12-16)21(24)17-4-2-3-5-19(17)23(20)13-14-6-8-15(9-7-14)22(25)26;/h2-12H,13H2,1H3,(H,25,26);. The number of carbonyl (C=O) groups is 1. The van der Waals surface area contributed by atoms with Gasteiger partial charge in [-0.15, -0.1) is 0 Å². The molecule has 135 valence electrons. The molecule has 4 aromatic rings. The molecule has 0 aliphatic carbocycles. The molecule has 0 atom stereocenters. The molecule has 28 heavy (non-hydrogen) atoms. The Bertz CT molecular complexity index is 1230. The second-order valence-corrected chi connectivity index (χ2v) is 6.32. The molecule has 0 fully saturated rings. The summed E-state index contributed by atoms with van der Waals surface area (Å²) in [5.74, 6) is -0.319. The Hall–Kier alpha value is -2.60. The van der Waals surface area contributed by atoms with E-state index in [1.807, 2.05) is 36.4 Å². The predicted molar refractivity (Wildman–Crippen MR) is 111 cm³/mol. The Kier molecular flexibility index (Phi) is 5.89. The van der Waals surface area contributed by atoms with Crippen LogP contribution in [0.25, 0.3) is 21.8 Å². The SMILES string of the molecule is COc1ccc2c(c1)c(=O)c1ccccc1n2Cc1ccc(C(=O)O)cc1.[Na]. The zero-order valence-corrected chi connectivity index (χ0v) is 17.7. The van der Waals surface area contributed by atoms with Gasteiger partial charge in [0, 0.05) is 46.9 Å². The molecule has 1 aromatic heterocycles. The number of benzene rings is 3. The van der Waals surface area contributed by atoms with E-state index in [0.717, 1.165) is 16.6 Å². The largest absolute Gasteiger partial charge is 0.497 e. The molecule has 0 spiro atoms. The molecule has 0 aliphatic heterocycles. The van der Waals surface area contributed by atoms with Crippen LogP contribution < -0.4 is 10.2 Å². The maximum absolute atomic E-state index is 12.9. The quantitative estimate of drug-likeness (QED) is 0.433. The van der Waals surface area contributed by atoms with Crippen LogP contribution in [0.15, 0.2) is 71.5 Å². The number of carboxylic acid groups (broad SMARTS) is 1. The number of para-hydroxylation sites is 1. The third-order valence-electron chi connectivity index (χ3n) is 4.72. The first-order valence-corrected chi connectivity index (χ1v) is 8.50. The molecule has 3 aromatic carbocycles. The third kappa shape index (κ3) is 3.56. The van der Waals surface area contributed by atoms with Gasteiger partial charge in [-0.25, -0.2) is 4.79 Å². The number of carboxylic acids is 1. The van der Waals surface area contributed by atoms with Crippen LogP contribution >= 0.6 is 0 Å². The van der Waals surface area contributed by atoms with Crippen molar-refractivity contribution in [2.45, 2.75) is 6.54 Å². The van der Waals surface area contributed by atoms with E-state index in [1.165, 1.54) is 0 Å². The summed E-state index contributed by atoms with van der Waals surface area (Å²) < 4.78 is 7.35. The van der Waals surface area contributed by atoms with Crippen LogP contribution in [0.1, 0.15) is 15.9 Å². The first kappa shape index (κ1) is 20.1. The van der Waals surface area contributed by atoms with Crippen LogP contribution in [-0.2, 0) is 6.54 Å². The minimum atomic E-state index is -0.951. The average molecular weight is 382 g/mol. The van der Waals surface area contributed by atoms with Gasteiger partial charge in [-0.2, -0.15) is 0 Å². The first-order valence-electron chi connectivity index (χ1n) is 8.50. The third-order valence-corrected chi connectivity index (χ3v) is 4.72. The van der Waals surface area contributed by atoms with Crippen molar-refractivity contribution in [2.75, 3.05) is 7.11 Å². The first-order chi connectivity index (χ1) is 13.1. The molecule has 1 heterocycles. The van der Waals surface area contributed by atoms with E-state index in [9.17, 15) is 9.59 Å². The number of rotatable bonds is 4. The monoisotopic (exact) mass is 382 g/mol. The van der Waals surface area contributed by atoms with E-state index in [4.69, 9.17) is 9.84 Å². The molecule has 0 saturated heterocycles. The van der Waals surface area contributed by atoms with Gasteiger partial charge in [-0.05, 0) is 48.0 Å². The minimum Gasteiger partial charge on any atom is -0.497 e. The summed E-state index contributed by atoms with van der Waals surface area (Å²) in [7, 11) is 1.57. The molecular formula is C22H17NNaO4. The zero-order valence-electron chi connectivity index (χ0n) is 15.7. The summed E-state index contributed by atoms with van der Waals surface area (Å²) >= 11 is 0. The van der Waals surface area contributed by atoms with Gasteiger partial charge < -0.3 is 14.4 Å².